The molecule has 3 atom stereocenters. The Morgan fingerprint density at radius 1 is 0.627 bits per heavy atom. The fourth-order valence-corrected chi connectivity index (χ4v) is 5.65. The van der Waals surface area contributed by atoms with Crippen molar-refractivity contribution in [2.24, 2.45) is 5.73 Å². The van der Waals surface area contributed by atoms with Crippen molar-refractivity contribution in [2.75, 3.05) is 26.3 Å². The van der Waals surface area contributed by atoms with E-state index in [1.807, 2.05) is 60.7 Å². The van der Waals surface area contributed by atoms with Gasteiger partial charge in [-0.1, -0.05) is 75.2 Å². The van der Waals surface area contributed by atoms with Gasteiger partial charge >= 0.3 is 18.3 Å². The Balaban J connectivity index is 1.51. The summed E-state index contributed by atoms with van der Waals surface area (Å²) < 4.78 is 27.4. The average Bonchev–Trinajstić information content (AvgIpc) is 3.96. The highest BCUT2D eigenvalue weighted by atomic mass is 16.6. The van der Waals surface area contributed by atoms with Gasteiger partial charge in [-0.05, 0) is 83.6 Å². The Hall–Kier alpha value is -5.55. The van der Waals surface area contributed by atoms with Crippen molar-refractivity contribution in [3.05, 3.63) is 119 Å². The number of nitrogens with one attached hydrogen (secondary N) is 2. The van der Waals surface area contributed by atoms with Gasteiger partial charge in [-0.2, -0.15) is 0 Å². The number of benzene rings is 4. The molecule has 3 unspecified atom stereocenters. The molecular formula is C40H45N3O8. The number of hydrogen-bond donors (Lipinski definition) is 3. The van der Waals surface area contributed by atoms with Crippen LogP contribution in [-0.4, -0.2) is 50.7 Å². The minimum Gasteiger partial charge on any atom is -0.491 e. The molecule has 1 saturated heterocycles. The summed E-state index contributed by atoms with van der Waals surface area (Å²) in [6.45, 7) is 6.39. The number of nitrogens with two attached hydrogens (primary N) is 1. The SMILES string of the molecule is CCCCNC(=O)Oc1ccc(C(c2ccc(OCC3CO3)cc2)C(c2ccc(OC(N)=O)cc2)c2ccc(OC(=O)NCCCC)cc2)cc1. The first-order chi connectivity index (χ1) is 24.8. The molecule has 4 N–H and O–H groups in total. The van der Waals surface area contributed by atoms with Crippen LogP contribution in [0.4, 0.5) is 14.4 Å². The van der Waals surface area contributed by atoms with E-state index in [0.717, 1.165) is 53.7 Å². The van der Waals surface area contributed by atoms with Gasteiger partial charge in [0.05, 0.1) is 6.61 Å². The van der Waals surface area contributed by atoms with Gasteiger partial charge in [-0.15, -0.1) is 0 Å². The zero-order valence-electron chi connectivity index (χ0n) is 29.0. The monoisotopic (exact) mass is 695 g/mol. The minimum atomic E-state index is -0.900. The first kappa shape index (κ1) is 36.7. The largest absolute Gasteiger partial charge is 0.491 e. The summed E-state index contributed by atoms with van der Waals surface area (Å²) in [6.07, 6.45) is 1.87. The van der Waals surface area contributed by atoms with Gasteiger partial charge in [-0.3, -0.25) is 0 Å². The first-order valence-electron chi connectivity index (χ1n) is 17.4. The van der Waals surface area contributed by atoms with Crippen LogP contribution in [0.15, 0.2) is 97.1 Å². The second-order valence-corrected chi connectivity index (χ2v) is 12.3. The van der Waals surface area contributed by atoms with Crippen LogP contribution in [0, 0.1) is 0 Å². The predicted octanol–water partition coefficient (Wildman–Crippen LogP) is 7.66. The highest BCUT2D eigenvalue weighted by Gasteiger charge is 2.29. The van der Waals surface area contributed by atoms with Crippen molar-refractivity contribution >= 4 is 18.3 Å². The normalized spacial score (nSPS) is 14.4. The summed E-state index contributed by atoms with van der Waals surface area (Å²) in [5.41, 5.74) is 9.07. The molecule has 4 aromatic carbocycles. The van der Waals surface area contributed by atoms with Gasteiger partial charge in [0.15, 0.2) is 0 Å². The van der Waals surface area contributed by atoms with E-state index < -0.39 is 18.3 Å². The van der Waals surface area contributed by atoms with Gasteiger partial charge in [0, 0.05) is 24.9 Å². The summed E-state index contributed by atoms with van der Waals surface area (Å²) in [5, 5.41) is 5.54. The molecule has 0 aromatic heterocycles. The van der Waals surface area contributed by atoms with Crippen LogP contribution in [0.3, 0.4) is 0 Å². The lowest BCUT2D eigenvalue weighted by Crippen LogP contribution is -2.27. The Labute approximate surface area is 298 Å². The quantitative estimate of drug-likeness (QED) is 0.0753. The standard InChI is InChI=1S/C40H45N3O8/c1-3-5-23-42-39(45)50-33-19-11-29(12-20-33)36(27-7-15-31(16-8-27)47-25-35-26-48-35)37(28-9-17-32(18-10-28)49-38(41)44)30-13-21-34(22-14-30)51-40(46)43-24-6-4-2/h7-22,35-37H,3-6,23-26H2,1-2H3,(H2,41,44)(H,42,45)(H,43,46). The lowest BCUT2D eigenvalue weighted by Gasteiger charge is -2.30. The fraction of sp³-hybridized carbons (Fsp3) is 0.325. The summed E-state index contributed by atoms with van der Waals surface area (Å²) in [6, 6.07) is 30.0. The number of unbranched alkanes of at least 4 members (excludes halogenated alkanes) is 2. The molecule has 0 bridgehead atoms. The van der Waals surface area contributed by atoms with Gasteiger partial charge in [-0.25, -0.2) is 14.4 Å². The molecule has 1 aliphatic heterocycles. The lowest BCUT2D eigenvalue weighted by molar-refractivity contribution is 0.199. The van der Waals surface area contributed by atoms with Crippen molar-refractivity contribution < 1.29 is 38.1 Å². The molecule has 1 fully saturated rings. The zero-order valence-corrected chi connectivity index (χ0v) is 29.0. The predicted molar refractivity (Wildman–Crippen MR) is 193 cm³/mol. The molecule has 3 amide bonds. The van der Waals surface area contributed by atoms with Crippen LogP contribution in [-0.2, 0) is 4.74 Å². The number of hydrogen-bond acceptors (Lipinski definition) is 8. The van der Waals surface area contributed by atoms with Crippen LogP contribution in [0.1, 0.15) is 73.6 Å². The van der Waals surface area contributed by atoms with E-state index in [2.05, 4.69) is 24.5 Å². The van der Waals surface area contributed by atoms with Gasteiger partial charge < -0.3 is 40.1 Å². The van der Waals surface area contributed by atoms with E-state index in [1.165, 1.54) is 0 Å². The van der Waals surface area contributed by atoms with E-state index >= 15 is 0 Å². The van der Waals surface area contributed by atoms with Gasteiger partial charge in [0.25, 0.3) is 0 Å². The highest BCUT2D eigenvalue weighted by molar-refractivity contribution is 5.71. The number of amides is 3. The number of carbonyl (C=O) groups excluding carboxylic acids is 3. The highest BCUT2D eigenvalue weighted by Crippen LogP contribution is 2.44. The second kappa shape index (κ2) is 18.4. The summed E-state index contributed by atoms with van der Waals surface area (Å²) in [5.74, 6) is 1.34. The van der Waals surface area contributed by atoms with E-state index in [0.29, 0.717) is 43.6 Å². The van der Waals surface area contributed by atoms with E-state index in [9.17, 15) is 14.4 Å². The maximum absolute atomic E-state index is 12.4. The molecule has 268 valence electrons. The molecule has 0 saturated carbocycles. The van der Waals surface area contributed by atoms with Crippen LogP contribution in [0.25, 0.3) is 0 Å². The second-order valence-electron chi connectivity index (χ2n) is 12.3. The molecule has 0 aliphatic carbocycles. The Kier molecular flexibility index (Phi) is 13.3. The third-order valence-electron chi connectivity index (χ3n) is 8.37. The molecule has 1 aliphatic rings. The maximum atomic E-state index is 12.4. The number of epoxide rings is 1. The molecule has 5 rings (SSSR count). The molecule has 0 spiro atoms. The third-order valence-corrected chi connectivity index (χ3v) is 8.37. The molecule has 11 heteroatoms. The van der Waals surface area contributed by atoms with E-state index in [-0.39, 0.29) is 17.9 Å². The van der Waals surface area contributed by atoms with Crippen molar-refractivity contribution in [2.45, 2.75) is 57.5 Å². The average molecular weight is 696 g/mol. The lowest BCUT2D eigenvalue weighted by atomic mass is 9.73. The zero-order chi connectivity index (χ0) is 36.0. The number of ether oxygens (including phenoxy) is 5. The summed E-state index contributed by atoms with van der Waals surface area (Å²) >= 11 is 0. The molecule has 11 nitrogen and oxygen atoms in total. The Morgan fingerprint density at radius 2 is 0.980 bits per heavy atom. The first-order valence-corrected chi connectivity index (χ1v) is 17.4. The van der Waals surface area contributed by atoms with Gasteiger partial charge in [0.2, 0.25) is 0 Å². The smallest absolute Gasteiger partial charge is 0.412 e. The molecule has 1 heterocycles. The van der Waals surface area contributed by atoms with Crippen LogP contribution in [0.5, 0.6) is 23.0 Å². The number of primary amides is 1. The van der Waals surface area contributed by atoms with Crippen molar-refractivity contribution in [1.82, 2.24) is 10.6 Å². The number of rotatable bonds is 17. The molecule has 0 radical (unpaired) electrons. The van der Waals surface area contributed by atoms with E-state index in [4.69, 9.17) is 29.4 Å². The van der Waals surface area contributed by atoms with Crippen LogP contribution in [0.2, 0.25) is 0 Å². The minimum absolute atomic E-state index is 0.132. The molecule has 51 heavy (non-hydrogen) atoms. The van der Waals surface area contributed by atoms with Crippen LogP contribution >= 0.6 is 0 Å². The van der Waals surface area contributed by atoms with Crippen LogP contribution < -0.4 is 35.3 Å². The molecule has 4 aromatic rings. The van der Waals surface area contributed by atoms with Gasteiger partial charge in [0.1, 0.15) is 35.7 Å². The van der Waals surface area contributed by atoms with Crippen molar-refractivity contribution in [3.8, 4) is 23.0 Å². The maximum Gasteiger partial charge on any atom is 0.412 e. The molecular weight excluding hydrogens is 650 g/mol. The van der Waals surface area contributed by atoms with E-state index in [1.54, 1.807) is 36.4 Å². The topological polar surface area (TPSA) is 151 Å². The summed E-state index contributed by atoms with van der Waals surface area (Å²) in [4.78, 5) is 36.2. The Bertz CT molecular complexity index is 1710. The van der Waals surface area contributed by atoms with Crippen molar-refractivity contribution in [1.29, 1.82) is 0 Å². The van der Waals surface area contributed by atoms with Crippen molar-refractivity contribution in [3.63, 3.8) is 0 Å². The number of carbonyl (C=O) groups is 3. The summed E-state index contributed by atoms with van der Waals surface area (Å²) in [7, 11) is 0. The Morgan fingerprint density at radius 3 is 1.31 bits per heavy atom. The third kappa shape index (κ3) is 11.2. The fourth-order valence-electron chi connectivity index (χ4n) is 5.65.